The normalized spacial score (nSPS) is 19.6. The van der Waals surface area contributed by atoms with Gasteiger partial charge in [-0.2, -0.15) is 13.2 Å². The Morgan fingerprint density at radius 1 is 1.27 bits per heavy atom. The third kappa shape index (κ3) is 2.26. The van der Waals surface area contributed by atoms with E-state index in [1.165, 1.54) is 12.1 Å². The van der Waals surface area contributed by atoms with Crippen molar-refractivity contribution in [1.29, 1.82) is 0 Å². The van der Waals surface area contributed by atoms with Crippen LogP contribution in [-0.2, 0) is 12.6 Å². The van der Waals surface area contributed by atoms with Gasteiger partial charge in [0.05, 0.1) is 5.56 Å². The second kappa shape index (κ2) is 4.02. The summed E-state index contributed by atoms with van der Waals surface area (Å²) in [6.45, 7) is 0. The van der Waals surface area contributed by atoms with Crippen LogP contribution in [-0.4, -0.2) is 0 Å². The van der Waals surface area contributed by atoms with Crippen LogP contribution in [0.1, 0.15) is 29.2 Å². The molecule has 0 bridgehead atoms. The molecular weight excluding hydrogens is 227 g/mol. The quantitative estimate of drug-likeness (QED) is 0.737. The van der Waals surface area contributed by atoms with E-state index in [0.717, 1.165) is 23.6 Å². The largest absolute Gasteiger partial charge is 0.416 e. The maximum Gasteiger partial charge on any atom is 0.416 e. The van der Waals surface area contributed by atoms with Gasteiger partial charge < -0.3 is 5.73 Å². The number of hydrogen-bond acceptors (Lipinski definition) is 1. The Kier molecular flexibility index (Phi) is 3.31. The van der Waals surface area contributed by atoms with Crippen LogP contribution in [0.3, 0.4) is 0 Å². The Labute approximate surface area is 91.9 Å². The highest BCUT2D eigenvalue weighted by atomic mass is 35.5. The minimum atomic E-state index is -4.25. The standard InChI is InChI=1S/C10H10F3N.ClH/c11-10(12,13)7-2-3-8-6(5-7)1-4-9(8)14;/h2-3,5,9H,1,4,14H2;1H/t9-;/m1./s1. The molecule has 0 radical (unpaired) electrons. The molecule has 1 aromatic rings. The van der Waals surface area contributed by atoms with Gasteiger partial charge in [0.15, 0.2) is 0 Å². The third-order valence-corrected chi connectivity index (χ3v) is 2.59. The Balaban J connectivity index is 0.00000112. The molecule has 1 nitrogen and oxygen atoms in total. The minimum Gasteiger partial charge on any atom is -0.324 e. The van der Waals surface area contributed by atoms with Crippen LogP contribution in [0.4, 0.5) is 13.2 Å². The summed E-state index contributed by atoms with van der Waals surface area (Å²) in [4.78, 5) is 0. The molecule has 0 aliphatic heterocycles. The van der Waals surface area contributed by atoms with Gasteiger partial charge in [-0.05, 0) is 36.1 Å². The van der Waals surface area contributed by atoms with Crippen LogP contribution in [0.25, 0.3) is 0 Å². The number of benzene rings is 1. The first-order chi connectivity index (χ1) is 6.48. The first-order valence-corrected chi connectivity index (χ1v) is 4.44. The summed E-state index contributed by atoms with van der Waals surface area (Å²) in [5.74, 6) is 0. The van der Waals surface area contributed by atoms with Crippen molar-refractivity contribution in [2.45, 2.75) is 25.1 Å². The fourth-order valence-corrected chi connectivity index (χ4v) is 1.83. The second-order valence-electron chi connectivity index (χ2n) is 3.56. The molecular formula is C10H11ClF3N. The molecule has 0 spiro atoms. The Hall–Kier alpha value is -0.740. The van der Waals surface area contributed by atoms with Crippen LogP contribution >= 0.6 is 12.4 Å². The Morgan fingerprint density at radius 3 is 2.53 bits per heavy atom. The van der Waals surface area contributed by atoms with E-state index in [0.29, 0.717) is 6.42 Å². The van der Waals surface area contributed by atoms with E-state index in [2.05, 4.69) is 0 Å². The summed E-state index contributed by atoms with van der Waals surface area (Å²) in [6, 6.07) is 3.72. The number of halogens is 4. The summed E-state index contributed by atoms with van der Waals surface area (Å²) in [7, 11) is 0. The van der Waals surface area contributed by atoms with Crippen molar-refractivity contribution in [2.75, 3.05) is 0 Å². The van der Waals surface area contributed by atoms with Crippen molar-refractivity contribution in [3.05, 3.63) is 34.9 Å². The van der Waals surface area contributed by atoms with E-state index in [9.17, 15) is 13.2 Å². The summed E-state index contributed by atoms with van der Waals surface area (Å²) >= 11 is 0. The molecule has 2 rings (SSSR count). The van der Waals surface area contributed by atoms with Gasteiger partial charge in [0.2, 0.25) is 0 Å². The van der Waals surface area contributed by atoms with Crippen molar-refractivity contribution >= 4 is 12.4 Å². The lowest BCUT2D eigenvalue weighted by Crippen LogP contribution is -2.08. The molecule has 2 N–H and O–H groups in total. The number of hydrogen-bond donors (Lipinski definition) is 1. The highest BCUT2D eigenvalue weighted by molar-refractivity contribution is 5.85. The van der Waals surface area contributed by atoms with Gasteiger partial charge in [0.1, 0.15) is 0 Å². The number of nitrogens with two attached hydrogens (primary N) is 1. The average molecular weight is 238 g/mol. The maximum absolute atomic E-state index is 12.3. The van der Waals surface area contributed by atoms with Gasteiger partial charge in [-0.25, -0.2) is 0 Å². The SMILES string of the molecule is Cl.N[C@@H]1CCc2cc(C(F)(F)F)ccc21. The van der Waals surface area contributed by atoms with Crippen molar-refractivity contribution in [1.82, 2.24) is 0 Å². The van der Waals surface area contributed by atoms with Gasteiger partial charge in [0.25, 0.3) is 0 Å². The third-order valence-electron chi connectivity index (χ3n) is 2.59. The van der Waals surface area contributed by atoms with Crippen LogP contribution in [0, 0.1) is 0 Å². The smallest absolute Gasteiger partial charge is 0.324 e. The average Bonchev–Trinajstić information content (AvgIpc) is 2.46. The lowest BCUT2D eigenvalue weighted by atomic mass is 10.0. The van der Waals surface area contributed by atoms with E-state index in [1.54, 1.807) is 0 Å². The summed E-state index contributed by atoms with van der Waals surface area (Å²) < 4.78 is 37.0. The van der Waals surface area contributed by atoms with Crippen molar-refractivity contribution in [2.24, 2.45) is 5.73 Å². The van der Waals surface area contributed by atoms with Crippen LogP contribution in [0.2, 0.25) is 0 Å². The highest BCUT2D eigenvalue weighted by Crippen LogP contribution is 2.35. The van der Waals surface area contributed by atoms with Crippen LogP contribution in [0.15, 0.2) is 18.2 Å². The number of aryl methyl sites for hydroxylation is 1. The number of rotatable bonds is 0. The summed E-state index contributed by atoms with van der Waals surface area (Å²) in [6.07, 6.45) is -2.85. The minimum absolute atomic E-state index is 0. The molecule has 0 aromatic heterocycles. The van der Waals surface area contributed by atoms with Gasteiger partial charge >= 0.3 is 6.18 Å². The van der Waals surface area contributed by atoms with Crippen LogP contribution in [0.5, 0.6) is 0 Å². The van der Waals surface area contributed by atoms with Crippen molar-refractivity contribution in [3.8, 4) is 0 Å². The zero-order valence-electron chi connectivity index (χ0n) is 7.84. The fourth-order valence-electron chi connectivity index (χ4n) is 1.83. The summed E-state index contributed by atoms with van der Waals surface area (Å²) in [5.41, 5.74) is 6.75. The number of fused-ring (bicyclic) bond motifs is 1. The molecule has 0 saturated carbocycles. The molecule has 0 unspecified atom stereocenters. The topological polar surface area (TPSA) is 26.0 Å². The predicted octanol–water partition coefficient (Wildman–Crippen LogP) is 3.07. The number of alkyl halides is 3. The lowest BCUT2D eigenvalue weighted by Gasteiger charge is -2.09. The molecule has 1 aliphatic rings. The van der Waals surface area contributed by atoms with Gasteiger partial charge in [-0.15, -0.1) is 12.4 Å². The van der Waals surface area contributed by atoms with Crippen LogP contribution < -0.4 is 5.73 Å². The van der Waals surface area contributed by atoms with Crippen molar-refractivity contribution < 1.29 is 13.2 Å². The molecule has 0 amide bonds. The predicted molar refractivity (Wildman–Crippen MR) is 53.9 cm³/mol. The molecule has 84 valence electrons. The molecule has 0 saturated heterocycles. The molecule has 0 fully saturated rings. The van der Waals surface area contributed by atoms with E-state index >= 15 is 0 Å². The summed E-state index contributed by atoms with van der Waals surface area (Å²) in [5, 5.41) is 0. The first kappa shape index (κ1) is 12.3. The maximum atomic E-state index is 12.3. The Bertz CT molecular complexity index is 362. The molecule has 15 heavy (non-hydrogen) atoms. The molecule has 5 heteroatoms. The van der Waals surface area contributed by atoms with Gasteiger partial charge in [0, 0.05) is 6.04 Å². The van der Waals surface area contributed by atoms with Gasteiger partial charge in [-0.1, -0.05) is 6.07 Å². The highest BCUT2D eigenvalue weighted by Gasteiger charge is 2.32. The first-order valence-electron chi connectivity index (χ1n) is 4.44. The zero-order valence-corrected chi connectivity index (χ0v) is 8.66. The van der Waals surface area contributed by atoms with E-state index < -0.39 is 11.7 Å². The van der Waals surface area contributed by atoms with Crippen molar-refractivity contribution in [3.63, 3.8) is 0 Å². The van der Waals surface area contributed by atoms with E-state index in [1.807, 2.05) is 0 Å². The van der Waals surface area contributed by atoms with Gasteiger partial charge in [-0.3, -0.25) is 0 Å². The van der Waals surface area contributed by atoms with E-state index in [4.69, 9.17) is 5.73 Å². The molecule has 0 heterocycles. The fraction of sp³-hybridized carbons (Fsp3) is 0.400. The second-order valence-corrected chi connectivity index (χ2v) is 3.56. The zero-order chi connectivity index (χ0) is 10.3. The Morgan fingerprint density at radius 2 is 1.93 bits per heavy atom. The lowest BCUT2D eigenvalue weighted by molar-refractivity contribution is -0.137. The monoisotopic (exact) mass is 237 g/mol. The van der Waals surface area contributed by atoms with E-state index in [-0.39, 0.29) is 18.4 Å². The molecule has 1 atom stereocenters. The molecule has 1 aromatic carbocycles. The molecule has 1 aliphatic carbocycles.